The van der Waals surface area contributed by atoms with Crippen LogP contribution in [0.3, 0.4) is 0 Å². The Kier molecular flexibility index (Phi) is 7.61. The molecule has 0 heterocycles. The molecule has 0 N–H and O–H groups in total. The van der Waals surface area contributed by atoms with Crippen molar-refractivity contribution in [2.24, 2.45) is 0 Å². The molecular weight excluding hydrogens is 180 g/mol. The van der Waals surface area contributed by atoms with Crippen LogP contribution in [0.15, 0.2) is 24.7 Å². The molecule has 14 heavy (non-hydrogen) atoms. The van der Waals surface area contributed by atoms with Crippen LogP contribution in [0.4, 0.5) is 0 Å². The Morgan fingerprint density at radius 3 is 2.64 bits per heavy atom. The molecule has 0 aromatic carbocycles. The summed E-state index contributed by atoms with van der Waals surface area (Å²) in [6, 6.07) is 0. The lowest BCUT2D eigenvalue weighted by molar-refractivity contribution is -0.132. The molecule has 0 amide bonds. The smallest absolute Gasteiger partial charge is 0.335 e. The van der Waals surface area contributed by atoms with E-state index in [0.717, 1.165) is 18.9 Å². The highest BCUT2D eigenvalue weighted by Crippen LogP contribution is 2.04. The average molecular weight is 198 g/mol. The number of allylic oxidation sites excluding steroid dienone is 1. The standard InChI is InChI=1S/C11H18O3/c1-4-7-8-13-10(5-2)9-14-11(12)6-3/h6,9H,3-5,7-8H2,1-2H3/b10-9-. The van der Waals surface area contributed by atoms with E-state index in [2.05, 4.69) is 13.5 Å². The van der Waals surface area contributed by atoms with Crippen LogP contribution >= 0.6 is 0 Å². The number of hydrogen-bond acceptors (Lipinski definition) is 3. The van der Waals surface area contributed by atoms with Crippen LogP contribution in [0.1, 0.15) is 33.1 Å². The first-order valence-corrected chi connectivity index (χ1v) is 4.89. The molecule has 0 spiro atoms. The number of hydrogen-bond donors (Lipinski definition) is 0. The quantitative estimate of drug-likeness (QED) is 0.273. The summed E-state index contributed by atoms with van der Waals surface area (Å²) in [5.74, 6) is 0.226. The first-order valence-electron chi connectivity index (χ1n) is 4.89. The van der Waals surface area contributed by atoms with Gasteiger partial charge < -0.3 is 9.47 Å². The molecule has 0 saturated heterocycles. The maximum absolute atomic E-state index is 10.7. The van der Waals surface area contributed by atoms with E-state index in [-0.39, 0.29) is 0 Å². The second-order valence-electron chi connectivity index (χ2n) is 2.78. The molecule has 0 aromatic rings. The van der Waals surface area contributed by atoms with Crippen LogP contribution in [-0.2, 0) is 14.3 Å². The van der Waals surface area contributed by atoms with E-state index in [0.29, 0.717) is 18.8 Å². The zero-order valence-electron chi connectivity index (χ0n) is 8.91. The molecule has 3 heteroatoms. The van der Waals surface area contributed by atoms with Crippen LogP contribution in [-0.4, -0.2) is 12.6 Å². The van der Waals surface area contributed by atoms with Crippen molar-refractivity contribution >= 4 is 5.97 Å². The van der Waals surface area contributed by atoms with Gasteiger partial charge in [-0.15, -0.1) is 0 Å². The SMILES string of the molecule is C=CC(=O)O/C=C(/CC)OCCCC. The van der Waals surface area contributed by atoms with Gasteiger partial charge in [-0.2, -0.15) is 0 Å². The molecule has 0 aliphatic rings. The molecule has 0 aliphatic heterocycles. The molecule has 0 rings (SSSR count). The van der Waals surface area contributed by atoms with Gasteiger partial charge in [-0.3, -0.25) is 0 Å². The Balaban J connectivity index is 3.86. The normalized spacial score (nSPS) is 10.9. The van der Waals surface area contributed by atoms with Gasteiger partial charge in [0.15, 0.2) is 0 Å². The predicted molar refractivity (Wildman–Crippen MR) is 55.5 cm³/mol. The number of carbonyl (C=O) groups excluding carboxylic acids is 1. The highest BCUT2D eigenvalue weighted by molar-refractivity contribution is 5.81. The van der Waals surface area contributed by atoms with Crippen molar-refractivity contribution in [2.45, 2.75) is 33.1 Å². The number of carbonyl (C=O) groups is 1. The number of rotatable bonds is 7. The van der Waals surface area contributed by atoms with Crippen molar-refractivity contribution in [3.8, 4) is 0 Å². The van der Waals surface area contributed by atoms with Gasteiger partial charge in [-0.1, -0.05) is 26.8 Å². The van der Waals surface area contributed by atoms with Gasteiger partial charge in [0.2, 0.25) is 0 Å². The Hall–Kier alpha value is -1.25. The van der Waals surface area contributed by atoms with Crippen LogP contribution in [0.25, 0.3) is 0 Å². The van der Waals surface area contributed by atoms with Gasteiger partial charge in [-0.05, 0) is 6.42 Å². The van der Waals surface area contributed by atoms with E-state index in [9.17, 15) is 4.79 Å². The summed E-state index contributed by atoms with van der Waals surface area (Å²) in [5, 5.41) is 0. The lowest BCUT2D eigenvalue weighted by atomic mass is 10.3. The summed E-state index contributed by atoms with van der Waals surface area (Å²) in [4.78, 5) is 10.7. The first kappa shape index (κ1) is 12.8. The topological polar surface area (TPSA) is 35.5 Å². The molecule has 0 unspecified atom stereocenters. The molecule has 0 aromatic heterocycles. The fourth-order valence-electron chi connectivity index (χ4n) is 0.739. The van der Waals surface area contributed by atoms with Gasteiger partial charge in [0, 0.05) is 12.5 Å². The third kappa shape index (κ3) is 6.29. The van der Waals surface area contributed by atoms with Crippen LogP contribution in [0.2, 0.25) is 0 Å². The van der Waals surface area contributed by atoms with E-state index in [1.165, 1.54) is 6.26 Å². The Labute approximate surface area is 85.4 Å². The van der Waals surface area contributed by atoms with Crippen molar-refractivity contribution in [1.29, 1.82) is 0 Å². The zero-order valence-corrected chi connectivity index (χ0v) is 8.91. The molecule has 0 radical (unpaired) electrons. The predicted octanol–water partition coefficient (Wildman–Crippen LogP) is 2.78. The summed E-state index contributed by atoms with van der Waals surface area (Å²) >= 11 is 0. The molecule has 0 fully saturated rings. The molecule has 0 atom stereocenters. The minimum absolute atomic E-state index is 0.463. The Morgan fingerprint density at radius 2 is 2.14 bits per heavy atom. The fourth-order valence-corrected chi connectivity index (χ4v) is 0.739. The molecule has 3 nitrogen and oxygen atoms in total. The Bertz CT molecular complexity index is 207. The number of unbranched alkanes of at least 4 members (excludes halogenated alkanes) is 1. The lowest BCUT2D eigenvalue weighted by Crippen LogP contribution is -1.98. The molecule has 0 saturated carbocycles. The van der Waals surface area contributed by atoms with Gasteiger partial charge >= 0.3 is 5.97 Å². The van der Waals surface area contributed by atoms with Crippen molar-refractivity contribution in [2.75, 3.05) is 6.61 Å². The van der Waals surface area contributed by atoms with E-state index < -0.39 is 5.97 Å². The molecule has 80 valence electrons. The van der Waals surface area contributed by atoms with Crippen LogP contribution in [0, 0.1) is 0 Å². The first-order chi connectivity index (χ1) is 6.74. The second-order valence-corrected chi connectivity index (χ2v) is 2.78. The lowest BCUT2D eigenvalue weighted by Gasteiger charge is -2.06. The van der Waals surface area contributed by atoms with Gasteiger partial charge in [0.1, 0.15) is 12.0 Å². The minimum Gasteiger partial charge on any atom is -0.495 e. The van der Waals surface area contributed by atoms with Gasteiger partial charge in [0.05, 0.1) is 6.61 Å². The largest absolute Gasteiger partial charge is 0.495 e. The third-order valence-corrected chi connectivity index (χ3v) is 1.61. The average Bonchev–Trinajstić information content (AvgIpc) is 2.22. The van der Waals surface area contributed by atoms with Gasteiger partial charge in [-0.25, -0.2) is 4.79 Å². The van der Waals surface area contributed by atoms with Crippen molar-refractivity contribution in [1.82, 2.24) is 0 Å². The Morgan fingerprint density at radius 1 is 1.43 bits per heavy atom. The summed E-state index contributed by atoms with van der Waals surface area (Å²) in [7, 11) is 0. The summed E-state index contributed by atoms with van der Waals surface area (Å²) in [5.41, 5.74) is 0. The van der Waals surface area contributed by atoms with Crippen molar-refractivity contribution in [3.05, 3.63) is 24.7 Å². The van der Waals surface area contributed by atoms with E-state index in [4.69, 9.17) is 9.47 Å². The fraction of sp³-hybridized carbons (Fsp3) is 0.545. The van der Waals surface area contributed by atoms with Crippen molar-refractivity contribution < 1.29 is 14.3 Å². The van der Waals surface area contributed by atoms with Crippen molar-refractivity contribution in [3.63, 3.8) is 0 Å². The molecule has 0 aliphatic carbocycles. The van der Waals surface area contributed by atoms with Crippen LogP contribution < -0.4 is 0 Å². The van der Waals surface area contributed by atoms with Crippen LogP contribution in [0.5, 0.6) is 0 Å². The monoisotopic (exact) mass is 198 g/mol. The zero-order chi connectivity index (χ0) is 10.8. The maximum Gasteiger partial charge on any atom is 0.335 e. The highest BCUT2D eigenvalue weighted by Gasteiger charge is 1.97. The van der Waals surface area contributed by atoms with E-state index in [1.807, 2.05) is 6.92 Å². The highest BCUT2D eigenvalue weighted by atomic mass is 16.5. The number of ether oxygens (including phenoxy) is 2. The summed E-state index contributed by atoms with van der Waals surface area (Å²) in [6.45, 7) is 8.00. The molecule has 0 bridgehead atoms. The van der Waals surface area contributed by atoms with E-state index >= 15 is 0 Å². The van der Waals surface area contributed by atoms with E-state index in [1.54, 1.807) is 0 Å². The maximum atomic E-state index is 10.7. The molecular formula is C11H18O3. The summed E-state index contributed by atoms with van der Waals surface area (Å²) < 4.78 is 10.1. The number of esters is 1. The second kappa shape index (κ2) is 8.35. The summed E-state index contributed by atoms with van der Waals surface area (Å²) in [6.07, 6.45) is 5.28. The minimum atomic E-state index is -0.463. The van der Waals surface area contributed by atoms with Gasteiger partial charge in [0.25, 0.3) is 0 Å². The third-order valence-electron chi connectivity index (χ3n) is 1.61.